The fraction of sp³-hybridized carbons (Fsp3) is 0.643. The van der Waals surface area contributed by atoms with E-state index in [0.29, 0.717) is 18.4 Å². The van der Waals surface area contributed by atoms with E-state index in [4.69, 9.17) is 4.74 Å². The van der Waals surface area contributed by atoms with E-state index in [0.717, 1.165) is 30.8 Å². The molecule has 2 aliphatic heterocycles. The third-order valence-electron chi connectivity index (χ3n) is 4.00. The fourth-order valence-electron chi connectivity index (χ4n) is 3.07. The van der Waals surface area contributed by atoms with Crippen molar-refractivity contribution in [3.05, 3.63) is 22.4 Å². The van der Waals surface area contributed by atoms with Gasteiger partial charge in [0.15, 0.2) is 0 Å². The Bertz CT molecular complexity index is 417. The largest absolute Gasteiger partial charge is 0.373 e. The minimum absolute atomic E-state index is 0.249. The summed E-state index contributed by atoms with van der Waals surface area (Å²) >= 11 is 1.66. The molecule has 0 spiro atoms. The van der Waals surface area contributed by atoms with Crippen LogP contribution in [0.1, 0.15) is 24.6 Å². The summed E-state index contributed by atoms with van der Waals surface area (Å²) in [5.41, 5.74) is 0. The molecule has 2 fully saturated rings. The minimum atomic E-state index is 0.249. The van der Waals surface area contributed by atoms with Crippen LogP contribution in [0.25, 0.3) is 0 Å². The number of hydrogen-bond acceptors (Lipinski definition) is 3. The van der Waals surface area contributed by atoms with Gasteiger partial charge in [-0.1, -0.05) is 6.07 Å². The van der Waals surface area contributed by atoms with Gasteiger partial charge < -0.3 is 9.64 Å². The third-order valence-corrected chi connectivity index (χ3v) is 4.87. The second kappa shape index (κ2) is 5.02. The first-order chi connectivity index (χ1) is 8.72. The summed E-state index contributed by atoms with van der Waals surface area (Å²) in [5.74, 6) is 0.921. The SMILES string of the molecule is C[C@@H]1C[C@H]2CCN(C(=O)Cc3cccs3)C[C@@H]2O1. The highest BCUT2D eigenvalue weighted by atomic mass is 32.1. The van der Waals surface area contributed by atoms with Crippen LogP contribution in [0.3, 0.4) is 0 Å². The number of nitrogens with zero attached hydrogens (tertiary/aromatic N) is 1. The molecule has 0 aliphatic carbocycles. The molecule has 4 heteroatoms. The first kappa shape index (κ1) is 12.2. The van der Waals surface area contributed by atoms with Gasteiger partial charge in [-0.25, -0.2) is 0 Å². The molecule has 0 unspecified atom stereocenters. The number of piperidine rings is 1. The number of carbonyl (C=O) groups is 1. The zero-order valence-corrected chi connectivity index (χ0v) is 11.5. The van der Waals surface area contributed by atoms with Gasteiger partial charge in [0.25, 0.3) is 0 Å². The van der Waals surface area contributed by atoms with Crippen LogP contribution >= 0.6 is 11.3 Å². The van der Waals surface area contributed by atoms with Crippen LogP contribution in [0, 0.1) is 5.92 Å². The monoisotopic (exact) mass is 265 g/mol. The van der Waals surface area contributed by atoms with E-state index >= 15 is 0 Å². The number of ether oxygens (including phenoxy) is 1. The maximum absolute atomic E-state index is 12.2. The molecule has 0 bridgehead atoms. The number of thiophene rings is 1. The van der Waals surface area contributed by atoms with E-state index in [9.17, 15) is 4.79 Å². The molecule has 18 heavy (non-hydrogen) atoms. The first-order valence-electron chi connectivity index (χ1n) is 6.68. The third kappa shape index (κ3) is 2.45. The molecule has 1 amide bonds. The van der Waals surface area contributed by atoms with Gasteiger partial charge in [0.05, 0.1) is 18.6 Å². The Hall–Kier alpha value is -0.870. The van der Waals surface area contributed by atoms with Crippen LogP contribution in [-0.4, -0.2) is 36.1 Å². The Morgan fingerprint density at radius 2 is 2.50 bits per heavy atom. The van der Waals surface area contributed by atoms with E-state index in [2.05, 4.69) is 6.92 Å². The molecule has 1 aromatic rings. The standard InChI is InChI=1S/C14H19NO2S/c1-10-7-11-4-5-15(9-13(11)17-10)14(16)8-12-3-2-6-18-12/h2-3,6,10-11,13H,4-5,7-9H2,1H3/t10-,11-,13+/m1/s1. The summed E-state index contributed by atoms with van der Waals surface area (Å²) in [4.78, 5) is 15.4. The normalized spacial score (nSPS) is 31.4. The van der Waals surface area contributed by atoms with Crippen LogP contribution in [0.15, 0.2) is 17.5 Å². The van der Waals surface area contributed by atoms with E-state index in [1.54, 1.807) is 11.3 Å². The first-order valence-corrected chi connectivity index (χ1v) is 7.56. The number of fused-ring (bicyclic) bond motifs is 1. The van der Waals surface area contributed by atoms with E-state index in [1.165, 1.54) is 0 Å². The van der Waals surface area contributed by atoms with Crippen molar-refractivity contribution in [3.63, 3.8) is 0 Å². The van der Waals surface area contributed by atoms with Gasteiger partial charge in [-0.15, -0.1) is 11.3 Å². The zero-order chi connectivity index (χ0) is 12.5. The van der Waals surface area contributed by atoms with Crippen LogP contribution in [0.5, 0.6) is 0 Å². The topological polar surface area (TPSA) is 29.5 Å². The van der Waals surface area contributed by atoms with Crippen LogP contribution in [0.4, 0.5) is 0 Å². The summed E-state index contributed by atoms with van der Waals surface area (Å²) in [6, 6.07) is 4.03. The summed E-state index contributed by atoms with van der Waals surface area (Å²) in [5, 5.41) is 2.02. The minimum Gasteiger partial charge on any atom is -0.373 e. The van der Waals surface area contributed by atoms with Crippen molar-refractivity contribution in [3.8, 4) is 0 Å². The molecule has 3 nitrogen and oxygen atoms in total. The highest BCUT2D eigenvalue weighted by Gasteiger charge is 2.38. The van der Waals surface area contributed by atoms with Gasteiger partial charge in [0.1, 0.15) is 0 Å². The molecule has 98 valence electrons. The lowest BCUT2D eigenvalue weighted by molar-refractivity contribution is -0.134. The highest BCUT2D eigenvalue weighted by Crippen LogP contribution is 2.33. The molecule has 0 radical (unpaired) electrons. The molecule has 0 N–H and O–H groups in total. The van der Waals surface area contributed by atoms with Gasteiger partial charge >= 0.3 is 0 Å². The van der Waals surface area contributed by atoms with Gasteiger partial charge in [-0.05, 0) is 37.1 Å². The highest BCUT2D eigenvalue weighted by molar-refractivity contribution is 7.10. The average Bonchev–Trinajstić information content (AvgIpc) is 2.95. The summed E-state index contributed by atoms with van der Waals surface area (Å²) in [6.45, 7) is 3.83. The quantitative estimate of drug-likeness (QED) is 0.821. The van der Waals surface area contributed by atoms with Gasteiger partial charge in [-0.2, -0.15) is 0 Å². The maximum atomic E-state index is 12.2. The molecular formula is C14H19NO2S. The number of amides is 1. The van der Waals surface area contributed by atoms with E-state index < -0.39 is 0 Å². The number of likely N-dealkylation sites (tertiary alicyclic amines) is 1. The zero-order valence-electron chi connectivity index (χ0n) is 10.7. The second-order valence-corrected chi connectivity index (χ2v) is 6.40. The number of hydrogen-bond donors (Lipinski definition) is 0. The van der Waals surface area contributed by atoms with Gasteiger partial charge in [-0.3, -0.25) is 4.79 Å². The molecular weight excluding hydrogens is 246 g/mol. The average molecular weight is 265 g/mol. The fourth-order valence-corrected chi connectivity index (χ4v) is 3.77. The Morgan fingerprint density at radius 1 is 1.61 bits per heavy atom. The number of rotatable bonds is 2. The van der Waals surface area contributed by atoms with Crippen LogP contribution in [-0.2, 0) is 16.0 Å². The molecule has 3 rings (SSSR count). The Morgan fingerprint density at radius 3 is 3.28 bits per heavy atom. The van der Waals surface area contributed by atoms with Crippen LogP contribution in [0.2, 0.25) is 0 Å². The summed E-state index contributed by atoms with van der Waals surface area (Å²) in [6.07, 6.45) is 3.46. The smallest absolute Gasteiger partial charge is 0.227 e. The van der Waals surface area contributed by atoms with E-state index in [1.807, 2.05) is 22.4 Å². The lowest BCUT2D eigenvalue weighted by Crippen LogP contribution is -2.45. The summed E-state index contributed by atoms with van der Waals surface area (Å²) < 4.78 is 5.89. The lowest BCUT2D eigenvalue weighted by atomic mass is 9.92. The Kier molecular flexibility index (Phi) is 3.39. The lowest BCUT2D eigenvalue weighted by Gasteiger charge is -2.34. The van der Waals surface area contributed by atoms with E-state index in [-0.39, 0.29) is 12.0 Å². The molecule has 0 saturated carbocycles. The van der Waals surface area contributed by atoms with Crippen molar-refractivity contribution in [1.82, 2.24) is 4.90 Å². The molecule has 3 heterocycles. The second-order valence-electron chi connectivity index (χ2n) is 5.37. The Balaban J connectivity index is 1.59. The Labute approximate surface area is 112 Å². The predicted octanol–water partition coefficient (Wildman–Crippen LogP) is 2.32. The molecule has 0 aromatic carbocycles. The van der Waals surface area contributed by atoms with Crippen molar-refractivity contribution < 1.29 is 9.53 Å². The van der Waals surface area contributed by atoms with Crippen molar-refractivity contribution >= 4 is 17.2 Å². The predicted molar refractivity (Wildman–Crippen MR) is 71.7 cm³/mol. The number of carbonyl (C=O) groups excluding carboxylic acids is 1. The molecule has 2 saturated heterocycles. The van der Waals surface area contributed by atoms with Crippen LogP contribution < -0.4 is 0 Å². The van der Waals surface area contributed by atoms with Crippen molar-refractivity contribution in [2.24, 2.45) is 5.92 Å². The van der Waals surface area contributed by atoms with Gasteiger partial charge in [0, 0.05) is 18.0 Å². The molecule has 1 aromatic heterocycles. The summed E-state index contributed by atoms with van der Waals surface area (Å²) in [7, 11) is 0. The molecule has 3 atom stereocenters. The van der Waals surface area contributed by atoms with Crippen molar-refractivity contribution in [2.75, 3.05) is 13.1 Å². The van der Waals surface area contributed by atoms with Crippen molar-refractivity contribution in [1.29, 1.82) is 0 Å². The molecule has 2 aliphatic rings. The van der Waals surface area contributed by atoms with Gasteiger partial charge in [0.2, 0.25) is 5.91 Å². The van der Waals surface area contributed by atoms with Crippen molar-refractivity contribution in [2.45, 2.75) is 38.4 Å². The maximum Gasteiger partial charge on any atom is 0.227 e.